The van der Waals surface area contributed by atoms with E-state index >= 15 is 0 Å². The van der Waals surface area contributed by atoms with Crippen molar-refractivity contribution in [1.29, 1.82) is 0 Å². The van der Waals surface area contributed by atoms with Crippen molar-refractivity contribution in [1.82, 2.24) is 0 Å². The Morgan fingerprint density at radius 3 is 1.55 bits per heavy atom. The van der Waals surface area contributed by atoms with E-state index in [0.29, 0.717) is 29.1 Å². The summed E-state index contributed by atoms with van der Waals surface area (Å²) in [6.45, 7) is 0.232. The molecule has 0 aliphatic rings. The Hall–Kier alpha value is -2.32. The minimum atomic E-state index is -0.987. The van der Waals surface area contributed by atoms with E-state index in [1.165, 1.54) is 0 Å². The second-order valence-corrected chi connectivity index (χ2v) is 9.33. The third-order valence-corrected chi connectivity index (χ3v) is 5.30. The summed E-state index contributed by atoms with van der Waals surface area (Å²) in [5, 5.41) is 0. The van der Waals surface area contributed by atoms with Crippen molar-refractivity contribution >= 4 is 33.5 Å². The van der Waals surface area contributed by atoms with Crippen LogP contribution in [0.3, 0.4) is 0 Å². The number of rotatable bonds is 10. The van der Waals surface area contributed by atoms with Crippen LogP contribution in [0.5, 0.6) is 0 Å². The predicted molar refractivity (Wildman–Crippen MR) is 114 cm³/mol. The van der Waals surface area contributed by atoms with Gasteiger partial charge in [-0.3, -0.25) is 8.42 Å². The lowest BCUT2D eigenvalue weighted by Gasteiger charge is -2.08. The second kappa shape index (κ2) is 11.6. The van der Waals surface area contributed by atoms with Gasteiger partial charge in [-0.1, -0.05) is 24.3 Å². The summed E-state index contributed by atoms with van der Waals surface area (Å²) in [5.41, 5.74) is 2.41. The largest absolute Gasteiger partial charge is 0.462 e. The fourth-order valence-electron chi connectivity index (χ4n) is 2.60. The molecule has 0 saturated carbocycles. The summed E-state index contributed by atoms with van der Waals surface area (Å²) in [5.74, 6) is -0.181. The van der Waals surface area contributed by atoms with Gasteiger partial charge in [0.05, 0.1) is 24.3 Å². The first kappa shape index (κ1) is 23.0. The molecular weight excluding hydrogens is 412 g/mol. The van der Waals surface area contributed by atoms with Crippen molar-refractivity contribution in [2.45, 2.75) is 17.9 Å². The van der Waals surface area contributed by atoms with Crippen molar-refractivity contribution in [2.75, 3.05) is 25.7 Å². The van der Waals surface area contributed by atoms with Gasteiger partial charge in [-0.15, -0.1) is 0 Å². The number of carbonyl (C=O) groups excluding carboxylic acids is 2. The molecule has 0 aromatic heterocycles. The Bertz CT molecular complexity index is 836. The van der Waals surface area contributed by atoms with Gasteiger partial charge in [0, 0.05) is 52.0 Å². The van der Waals surface area contributed by atoms with E-state index in [9.17, 15) is 18.0 Å². The van der Waals surface area contributed by atoms with E-state index < -0.39 is 33.5 Å². The normalized spacial score (nSPS) is 12.8. The number of hydrogen-bond acceptors (Lipinski definition) is 6. The molecule has 6 nitrogen and oxygen atoms in total. The lowest BCUT2D eigenvalue weighted by molar-refractivity contribution is 0.0395. The molecule has 0 bridgehead atoms. The van der Waals surface area contributed by atoms with Gasteiger partial charge in [0.15, 0.2) is 0 Å². The highest BCUT2D eigenvalue weighted by molar-refractivity contribution is 7.83. The van der Waals surface area contributed by atoms with Crippen LogP contribution < -0.4 is 0 Å². The number of hydrogen-bond donors (Lipinski definition) is 0. The third-order valence-electron chi connectivity index (χ3n) is 3.82. The molecule has 0 spiro atoms. The highest BCUT2D eigenvalue weighted by Gasteiger charge is 2.10. The topological polar surface area (TPSA) is 86.7 Å². The first-order chi connectivity index (χ1) is 13.8. The minimum absolute atomic E-state index is 0.116. The summed E-state index contributed by atoms with van der Waals surface area (Å²) in [4.78, 5) is 24.2. The van der Waals surface area contributed by atoms with Gasteiger partial charge in [-0.25, -0.2) is 9.59 Å². The maximum Gasteiger partial charge on any atom is 0.338 e. The molecule has 0 amide bonds. The van der Waals surface area contributed by atoms with E-state index in [1.54, 1.807) is 48.9 Å². The first-order valence-electron chi connectivity index (χ1n) is 8.97. The molecule has 0 aliphatic heterocycles. The zero-order valence-corrected chi connectivity index (χ0v) is 18.1. The average molecular weight is 437 g/mol. The van der Waals surface area contributed by atoms with E-state index in [4.69, 9.17) is 9.47 Å². The van der Waals surface area contributed by atoms with Gasteiger partial charge < -0.3 is 9.47 Å². The summed E-state index contributed by atoms with van der Waals surface area (Å²) >= 11 is 0. The second-order valence-electron chi connectivity index (χ2n) is 6.46. The number of ether oxygens (including phenoxy) is 2. The molecule has 0 radical (unpaired) electrons. The summed E-state index contributed by atoms with van der Waals surface area (Å²) < 4.78 is 33.0. The van der Waals surface area contributed by atoms with Crippen LogP contribution in [-0.4, -0.2) is 46.1 Å². The van der Waals surface area contributed by atoms with E-state index in [-0.39, 0.29) is 13.2 Å². The summed E-state index contributed by atoms with van der Waals surface area (Å²) in [6.07, 6.45) is 3.58. The van der Waals surface area contributed by atoms with Gasteiger partial charge in [0.25, 0.3) is 0 Å². The molecule has 2 aromatic rings. The molecule has 0 heterocycles. The molecule has 156 valence electrons. The highest BCUT2D eigenvalue weighted by Crippen LogP contribution is 2.10. The Labute approximate surface area is 175 Å². The quantitative estimate of drug-likeness (QED) is 0.420. The van der Waals surface area contributed by atoms with Crippen LogP contribution in [0, 0.1) is 0 Å². The van der Waals surface area contributed by atoms with Crippen molar-refractivity contribution in [3.05, 3.63) is 70.8 Å². The van der Waals surface area contributed by atoms with Crippen LogP contribution in [0.4, 0.5) is 0 Å². The Kier molecular flexibility index (Phi) is 9.21. The van der Waals surface area contributed by atoms with Crippen LogP contribution in [0.1, 0.15) is 38.3 Å². The van der Waals surface area contributed by atoms with Crippen LogP contribution >= 0.6 is 0 Å². The Balaban J connectivity index is 1.75. The van der Waals surface area contributed by atoms with Gasteiger partial charge in [-0.05, 0) is 35.4 Å². The van der Waals surface area contributed by atoms with Crippen LogP contribution in [0.25, 0.3) is 0 Å². The van der Waals surface area contributed by atoms with E-state index in [2.05, 4.69) is 0 Å². The maximum atomic E-state index is 12.1. The zero-order valence-electron chi connectivity index (χ0n) is 16.4. The van der Waals surface area contributed by atoms with Crippen molar-refractivity contribution < 1.29 is 27.5 Å². The standard InChI is InChI=1S/C21H24O6S2/c1-28(24)14-16-6-3-8-18(12-16)20(22)26-10-5-11-27-21(23)19-9-4-7-17(13-19)15-29(2)25/h3-4,6-9,12-13H,5,10-11,14-15H2,1-2H3. The van der Waals surface area contributed by atoms with Crippen LogP contribution in [0.2, 0.25) is 0 Å². The lowest BCUT2D eigenvalue weighted by atomic mass is 10.1. The lowest BCUT2D eigenvalue weighted by Crippen LogP contribution is -2.11. The molecule has 0 aliphatic carbocycles. The van der Waals surface area contributed by atoms with Gasteiger partial charge in [-0.2, -0.15) is 0 Å². The van der Waals surface area contributed by atoms with Crippen molar-refractivity contribution in [2.24, 2.45) is 0 Å². The number of benzene rings is 2. The molecule has 2 atom stereocenters. The average Bonchev–Trinajstić information content (AvgIpc) is 2.66. The first-order valence-corrected chi connectivity index (χ1v) is 12.4. The molecule has 0 fully saturated rings. The summed E-state index contributed by atoms with van der Waals surface area (Å²) in [6, 6.07) is 13.7. The molecule has 2 unspecified atom stereocenters. The Morgan fingerprint density at radius 1 is 0.759 bits per heavy atom. The SMILES string of the molecule is CS(=O)Cc1cccc(C(=O)OCCCOC(=O)c2cccc(CS(C)=O)c2)c1. The molecule has 2 aromatic carbocycles. The number of carbonyl (C=O) groups is 2. The van der Waals surface area contributed by atoms with Gasteiger partial charge >= 0.3 is 11.9 Å². The predicted octanol–water partition coefficient (Wildman–Crippen LogP) is 2.85. The number of esters is 2. The summed E-state index contributed by atoms with van der Waals surface area (Å²) in [7, 11) is -1.97. The maximum absolute atomic E-state index is 12.1. The van der Waals surface area contributed by atoms with Crippen molar-refractivity contribution in [3.8, 4) is 0 Å². The molecule has 2 rings (SSSR count). The molecule has 29 heavy (non-hydrogen) atoms. The van der Waals surface area contributed by atoms with Crippen LogP contribution in [0.15, 0.2) is 48.5 Å². The molecule has 0 saturated heterocycles. The van der Waals surface area contributed by atoms with Crippen molar-refractivity contribution in [3.63, 3.8) is 0 Å². The smallest absolute Gasteiger partial charge is 0.338 e. The molecule has 0 N–H and O–H groups in total. The van der Waals surface area contributed by atoms with Gasteiger partial charge in [0.2, 0.25) is 0 Å². The van der Waals surface area contributed by atoms with Gasteiger partial charge in [0.1, 0.15) is 0 Å². The van der Waals surface area contributed by atoms with E-state index in [1.807, 2.05) is 12.1 Å². The molecule has 8 heteroatoms. The fraction of sp³-hybridized carbons (Fsp3) is 0.333. The van der Waals surface area contributed by atoms with E-state index in [0.717, 1.165) is 11.1 Å². The molecular formula is C21H24O6S2. The monoisotopic (exact) mass is 436 g/mol. The minimum Gasteiger partial charge on any atom is -0.462 e. The highest BCUT2D eigenvalue weighted by atomic mass is 32.2. The Morgan fingerprint density at radius 2 is 1.17 bits per heavy atom. The zero-order chi connectivity index (χ0) is 21.2. The van der Waals surface area contributed by atoms with Crippen LogP contribution in [-0.2, 0) is 42.6 Å². The fourth-order valence-corrected chi connectivity index (χ4v) is 3.90. The third kappa shape index (κ3) is 8.29.